The highest BCUT2D eigenvalue weighted by Gasteiger charge is 2.05. The van der Waals surface area contributed by atoms with Crippen molar-refractivity contribution in [1.29, 1.82) is 0 Å². The predicted molar refractivity (Wildman–Crippen MR) is 80.2 cm³/mol. The zero-order valence-electron chi connectivity index (χ0n) is 12.1. The van der Waals surface area contributed by atoms with Crippen LogP contribution in [0, 0.1) is 13.8 Å². The highest BCUT2D eigenvalue weighted by Crippen LogP contribution is 2.27. The van der Waals surface area contributed by atoms with E-state index < -0.39 is 0 Å². The summed E-state index contributed by atoms with van der Waals surface area (Å²) < 4.78 is 5.68. The highest BCUT2D eigenvalue weighted by atomic mass is 16.6. The van der Waals surface area contributed by atoms with E-state index in [2.05, 4.69) is 33.5 Å². The number of allylic oxidation sites excluding steroid dienone is 1. The molecular formula is C15H22N2O2. The lowest BCUT2D eigenvalue weighted by Crippen LogP contribution is -2.04. The van der Waals surface area contributed by atoms with Gasteiger partial charge in [-0.05, 0) is 44.0 Å². The molecule has 0 aliphatic rings. The maximum Gasteiger partial charge on any atom is 0.127 e. The second kappa shape index (κ2) is 8.19. The summed E-state index contributed by atoms with van der Waals surface area (Å²) >= 11 is 0. The molecule has 0 aromatic heterocycles. The molecule has 0 atom stereocenters. The molecule has 0 aliphatic heterocycles. The lowest BCUT2D eigenvalue weighted by molar-refractivity contribution is 0.212. The Labute approximate surface area is 115 Å². The summed E-state index contributed by atoms with van der Waals surface area (Å²) in [6.07, 6.45) is 5.70. The van der Waals surface area contributed by atoms with Gasteiger partial charge in [-0.3, -0.25) is 0 Å². The number of hydrogen-bond donors (Lipinski definition) is 1. The molecule has 1 rings (SSSR count). The van der Waals surface area contributed by atoms with Crippen LogP contribution in [0.15, 0.2) is 29.4 Å². The molecule has 0 bridgehead atoms. The van der Waals surface area contributed by atoms with Crippen LogP contribution in [0.3, 0.4) is 0 Å². The maximum absolute atomic E-state index is 5.68. The molecule has 0 amide bonds. The molecule has 0 spiro atoms. The lowest BCUT2D eigenvalue weighted by atomic mass is 10.1. The summed E-state index contributed by atoms with van der Waals surface area (Å²) in [5.74, 6) is 0.902. The summed E-state index contributed by atoms with van der Waals surface area (Å²) in [4.78, 5) is 4.59. The van der Waals surface area contributed by atoms with E-state index in [0.29, 0.717) is 6.61 Å². The van der Waals surface area contributed by atoms with Gasteiger partial charge in [0.05, 0.1) is 6.21 Å². The van der Waals surface area contributed by atoms with Crippen LogP contribution in [0.1, 0.15) is 18.1 Å². The third-order valence-electron chi connectivity index (χ3n) is 2.60. The molecule has 19 heavy (non-hydrogen) atoms. The Bertz CT molecular complexity index is 430. The molecule has 4 nitrogen and oxygen atoms in total. The third kappa shape index (κ3) is 5.04. The number of hydrogen-bond acceptors (Lipinski definition) is 4. The van der Waals surface area contributed by atoms with Gasteiger partial charge in [-0.2, -0.15) is 0 Å². The fourth-order valence-electron chi connectivity index (χ4n) is 1.80. The lowest BCUT2D eigenvalue weighted by Gasteiger charge is -2.13. The minimum Gasteiger partial charge on any atom is -0.487 e. The number of benzene rings is 1. The first-order valence-electron chi connectivity index (χ1n) is 6.33. The van der Waals surface area contributed by atoms with Crippen molar-refractivity contribution in [3.8, 4) is 5.75 Å². The number of ether oxygens (including phenoxy) is 1. The molecule has 104 valence electrons. The SMILES string of the molecule is C/C=C/CNc1cc(C)c(OCC=NOC)c(C)c1. The summed E-state index contributed by atoms with van der Waals surface area (Å²) in [5.41, 5.74) is 3.31. The smallest absolute Gasteiger partial charge is 0.127 e. The number of anilines is 1. The average Bonchev–Trinajstić information content (AvgIpc) is 2.37. The average molecular weight is 262 g/mol. The zero-order chi connectivity index (χ0) is 14.1. The van der Waals surface area contributed by atoms with Crippen LogP contribution in [0.25, 0.3) is 0 Å². The largest absolute Gasteiger partial charge is 0.487 e. The number of oxime groups is 1. The summed E-state index contributed by atoms with van der Waals surface area (Å²) in [7, 11) is 1.51. The maximum atomic E-state index is 5.68. The van der Waals surface area contributed by atoms with Crippen molar-refractivity contribution in [2.75, 3.05) is 25.6 Å². The molecule has 0 aliphatic carbocycles. The number of rotatable bonds is 7. The van der Waals surface area contributed by atoms with Crippen LogP contribution >= 0.6 is 0 Å². The van der Waals surface area contributed by atoms with E-state index >= 15 is 0 Å². The van der Waals surface area contributed by atoms with Crippen LogP contribution in [0.4, 0.5) is 5.69 Å². The van der Waals surface area contributed by atoms with Gasteiger partial charge < -0.3 is 14.9 Å². The van der Waals surface area contributed by atoms with Crippen LogP contribution in [-0.2, 0) is 4.84 Å². The predicted octanol–water partition coefficient (Wildman–Crippen LogP) is 3.30. The number of aryl methyl sites for hydroxylation is 2. The molecule has 4 heteroatoms. The van der Waals surface area contributed by atoms with Gasteiger partial charge in [0, 0.05) is 12.2 Å². The summed E-state index contributed by atoms with van der Waals surface area (Å²) in [6.45, 7) is 7.32. The van der Waals surface area contributed by atoms with Crippen molar-refractivity contribution < 1.29 is 9.57 Å². The van der Waals surface area contributed by atoms with Gasteiger partial charge in [0.25, 0.3) is 0 Å². The van der Waals surface area contributed by atoms with E-state index in [1.165, 1.54) is 7.11 Å². The van der Waals surface area contributed by atoms with E-state index in [1.807, 2.05) is 26.8 Å². The number of nitrogens with one attached hydrogen (secondary N) is 1. The van der Waals surface area contributed by atoms with E-state index in [4.69, 9.17) is 4.74 Å². The van der Waals surface area contributed by atoms with Crippen LogP contribution in [0.2, 0.25) is 0 Å². The van der Waals surface area contributed by atoms with E-state index in [-0.39, 0.29) is 0 Å². The Morgan fingerprint density at radius 3 is 2.53 bits per heavy atom. The van der Waals surface area contributed by atoms with Crippen molar-refractivity contribution in [3.63, 3.8) is 0 Å². The molecule has 1 aromatic carbocycles. The van der Waals surface area contributed by atoms with E-state index in [0.717, 1.165) is 29.1 Å². The third-order valence-corrected chi connectivity index (χ3v) is 2.60. The normalized spacial score (nSPS) is 11.2. The highest BCUT2D eigenvalue weighted by molar-refractivity contribution is 5.60. The topological polar surface area (TPSA) is 42.8 Å². The summed E-state index contributed by atoms with van der Waals surface area (Å²) in [5, 5.41) is 6.99. The second-order valence-electron chi connectivity index (χ2n) is 4.17. The van der Waals surface area contributed by atoms with Gasteiger partial charge in [-0.1, -0.05) is 17.3 Å². The second-order valence-corrected chi connectivity index (χ2v) is 4.17. The fourth-order valence-corrected chi connectivity index (χ4v) is 1.80. The zero-order valence-corrected chi connectivity index (χ0v) is 12.1. The van der Waals surface area contributed by atoms with Crippen molar-refractivity contribution in [2.24, 2.45) is 5.16 Å². The Morgan fingerprint density at radius 2 is 1.95 bits per heavy atom. The Morgan fingerprint density at radius 1 is 1.26 bits per heavy atom. The molecule has 0 unspecified atom stereocenters. The van der Waals surface area contributed by atoms with Crippen LogP contribution < -0.4 is 10.1 Å². The molecule has 1 aromatic rings. The number of nitrogens with zero attached hydrogens (tertiary/aromatic N) is 1. The standard InChI is InChI=1S/C15H22N2O2/c1-5-6-7-16-14-10-12(2)15(13(3)11-14)19-9-8-17-18-4/h5-6,8,10-11,16H,7,9H2,1-4H3/b6-5+,17-8?. The molecule has 1 N–H and O–H groups in total. The van der Waals surface area contributed by atoms with E-state index in [1.54, 1.807) is 6.21 Å². The summed E-state index contributed by atoms with van der Waals surface area (Å²) in [6, 6.07) is 4.17. The molecule has 0 saturated heterocycles. The Balaban J connectivity index is 2.70. The van der Waals surface area contributed by atoms with Crippen molar-refractivity contribution >= 4 is 11.9 Å². The minimum absolute atomic E-state index is 0.404. The van der Waals surface area contributed by atoms with Gasteiger partial charge in [0.2, 0.25) is 0 Å². The first-order valence-corrected chi connectivity index (χ1v) is 6.33. The van der Waals surface area contributed by atoms with Gasteiger partial charge >= 0.3 is 0 Å². The van der Waals surface area contributed by atoms with Crippen LogP contribution in [0.5, 0.6) is 5.75 Å². The van der Waals surface area contributed by atoms with Crippen molar-refractivity contribution in [2.45, 2.75) is 20.8 Å². The molecule has 0 saturated carbocycles. The Kier molecular flexibility index (Phi) is 6.50. The molecule has 0 heterocycles. The van der Waals surface area contributed by atoms with Crippen molar-refractivity contribution in [3.05, 3.63) is 35.4 Å². The molecular weight excluding hydrogens is 240 g/mol. The van der Waals surface area contributed by atoms with Crippen molar-refractivity contribution in [1.82, 2.24) is 0 Å². The Hall–Kier alpha value is -1.97. The van der Waals surface area contributed by atoms with E-state index in [9.17, 15) is 0 Å². The van der Waals surface area contributed by atoms with Gasteiger partial charge in [0.15, 0.2) is 0 Å². The molecule has 0 radical (unpaired) electrons. The van der Waals surface area contributed by atoms with Gasteiger partial charge in [-0.25, -0.2) is 0 Å². The van der Waals surface area contributed by atoms with Gasteiger partial charge in [-0.15, -0.1) is 0 Å². The first-order chi connectivity index (χ1) is 9.19. The minimum atomic E-state index is 0.404. The fraction of sp³-hybridized carbons (Fsp3) is 0.400. The van der Waals surface area contributed by atoms with Gasteiger partial charge in [0.1, 0.15) is 19.5 Å². The quantitative estimate of drug-likeness (QED) is 0.466. The molecule has 0 fully saturated rings. The monoisotopic (exact) mass is 262 g/mol. The first kappa shape index (κ1) is 15.1. The van der Waals surface area contributed by atoms with Crippen LogP contribution in [-0.4, -0.2) is 26.5 Å².